The Bertz CT molecular complexity index is 267. The second-order valence-corrected chi connectivity index (χ2v) is 5.31. The molecule has 2 aliphatic rings. The van der Waals surface area contributed by atoms with Crippen LogP contribution in [0.2, 0.25) is 0 Å². The summed E-state index contributed by atoms with van der Waals surface area (Å²) in [5.41, 5.74) is 0. The van der Waals surface area contributed by atoms with Crippen LogP contribution in [0.25, 0.3) is 0 Å². The van der Waals surface area contributed by atoms with Crippen LogP contribution in [0.3, 0.4) is 0 Å². The van der Waals surface area contributed by atoms with E-state index in [1.807, 2.05) is 0 Å². The number of nitrogens with zero attached hydrogens (tertiary/aromatic N) is 2. The van der Waals surface area contributed by atoms with Gasteiger partial charge in [-0.25, -0.2) is 4.79 Å². The molecule has 1 aliphatic heterocycles. The molecule has 98 valence electrons. The number of carbonyl (C=O) groups is 1. The molecule has 1 N–H and O–H groups in total. The van der Waals surface area contributed by atoms with Gasteiger partial charge in [-0.2, -0.15) is 0 Å². The SMILES string of the molecule is O=C(O)N1CC[N+]([O-])(C2CCCCCC2)CC1. The van der Waals surface area contributed by atoms with Gasteiger partial charge in [0.25, 0.3) is 0 Å². The molecule has 5 heteroatoms. The molecule has 0 atom stereocenters. The van der Waals surface area contributed by atoms with E-state index < -0.39 is 6.09 Å². The van der Waals surface area contributed by atoms with Gasteiger partial charge in [0.1, 0.15) is 0 Å². The highest BCUT2D eigenvalue weighted by molar-refractivity contribution is 5.64. The lowest BCUT2D eigenvalue weighted by molar-refractivity contribution is -0.909. The Morgan fingerprint density at radius 3 is 2.12 bits per heavy atom. The van der Waals surface area contributed by atoms with Crippen LogP contribution in [-0.4, -0.2) is 53.0 Å². The van der Waals surface area contributed by atoms with Gasteiger partial charge in [0.05, 0.1) is 32.2 Å². The fourth-order valence-electron chi connectivity index (χ4n) is 3.09. The van der Waals surface area contributed by atoms with Gasteiger partial charge in [-0.15, -0.1) is 0 Å². The molecule has 1 saturated carbocycles. The number of amides is 1. The Labute approximate surface area is 102 Å². The van der Waals surface area contributed by atoms with Crippen LogP contribution in [0.1, 0.15) is 38.5 Å². The predicted molar refractivity (Wildman–Crippen MR) is 64.4 cm³/mol. The minimum Gasteiger partial charge on any atom is -0.632 e. The van der Waals surface area contributed by atoms with Crippen LogP contribution >= 0.6 is 0 Å². The fourth-order valence-corrected chi connectivity index (χ4v) is 3.09. The highest BCUT2D eigenvalue weighted by Crippen LogP contribution is 2.28. The lowest BCUT2D eigenvalue weighted by atomic mass is 10.1. The maximum Gasteiger partial charge on any atom is 0.407 e. The Hall–Kier alpha value is -0.810. The molecule has 1 heterocycles. The predicted octanol–water partition coefficient (Wildman–Crippen LogP) is 2.02. The Morgan fingerprint density at radius 2 is 1.65 bits per heavy atom. The second-order valence-electron chi connectivity index (χ2n) is 5.31. The van der Waals surface area contributed by atoms with E-state index >= 15 is 0 Å². The lowest BCUT2D eigenvalue weighted by Crippen LogP contribution is -2.61. The molecule has 1 amide bonds. The van der Waals surface area contributed by atoms with Crippen LogP contribution in [0.15, 0.2) is 0 Å². The van der Waals surface area contributed by atoms with E-state index in [-0.39, 0.29) is 10.7 Å². The Balaban J connectivity index is 1.93. The third kappa shape index (κ3) is 2.90. The van der Waals surface area contributed by atoms with E-state index in [0.717, 1.165) is 25.7 Å². The van der Waals surface area contributed by atoms with Crippen LogP contribution in [0.4, 0.5) is 4.79 Å². The first-order valence-corrected chi connectivity index (χ1v) is 6.67. The molecule has 1 saturated heterocycles. The summed E-state index contributed by atoms with van der Waals surface area (Å²) in [5.74, 6) is 0. The van der Waals surface area contributed by atoms with Crippen molar-refractivity contribution in [3.63, 3.8) is 0 Å². The van der Waals surface area contributed by atoms with E-state index in [9.17, 15) is 10.0 Å². The third-order valence-electron chi connectivity index (χ3n) is 4.26. The summed E-state index contributed by atoms with van der Waals surface area (Å²) < 4.78 is -0.149. The summed E-state index contributed by atoms with van der Waals surface area (Å²) in [6.45, 7) is 1.68. The molecule has 1 aliphatic carbocycles. The third-order valence-corrected chi connectivity index (χ3v) is 4.26. The number of rotatable bonds is 1. The molecule has 0 unspecified atom stereocenters. The fraction of sp³-hybridized carbons (Fsp3) is 0.917. The van der Waals surface area contributed by atoms with Crippen LogP contribution in [0, 0.1) is 5.21 Å². The summed E-state index contributed by atoms with van der Waals surface area (Å²) in [7, 11) is 0. The van der Waals surface area contributed by atoms with Crippen molar-refractivity contribution in [1.82, 2.24) is 4.90 Å². The van der Waals surface area contributed by atoms with Crippen molar-refractivity contribution in [3.8, 4) is 0 Å². The van der Waals surface area contributed by atoms with Crippen molar-refractivity contribution in [2.24, 2.45) is 0 Å². The lowest BCUT2D eigenvalue weighted by Gasteiger charge is -2.52. The summed E-state index contributed by atoms with van der Waals surface area (Å²) in [4.78, 5) is 12.2. The number of carboxylic acid groups (broad SMARTS) is 1. The Kier molecular flexibility index (Phi) is 3.89. The molecule has 2 rings (SSSR count). The van der Waals surface area contributed by atoms with Gasteiger partial charge < -0.3 is 15.0 Å². The summed E-state index contributed by atoms with van der Waals surface area (Å²) >= 11 is 0. The van der Waals surface area contributed by atoms with Crippen molar-refractivity contribution in [3.05, 3.63) is 5.21 Å². The number of piperazine rings is 1. The van der Waals surface area contributed by atoms with Gasteiger partial charge >= 0.3 is 6.09 Å². The first-order chi connectivity index (χ1) is 8.12. The molecule has 5 nitrogen and oxygen atoms in total. The van der Waals surface area contributed by atoms with Gasteiger partial charge in [0.2, 0.25) is 0 Å². The largest absolute Gasteiger partial charge is 0.632 e. The molecule has 17 heavy (non-hydrogen) atoms. The highest BCUT2D eigenvalue weighted by atomic mass is 16.5. The summed E-state index contributed by atoms with van der Waals surface area (Å²) in [6, 6.07) is 0.216. The zero-order chi connectivity index (χ0) is 12.3. The second kappa shape index (κ2) is 5.23. The van der Waals surface area contributed by atoms with E-state index in [1.165, 1.54) is 17.7 Å². The van der Waals surface area contributed by atoms with E-state index in [2.05, 4.69) is 0 Å². The molecular formula is C12H22N2O3. The molecule has 0 aromatic carbocycles. The molecular weight excluding hydrogens is 220 g/mol. The normalized spacial score (nSPS) is 26.5. The van der Waals surface area contributed by atoms with E-state index in [0.29, 0.717) is 26.2 Å². The first kappa shape index (κ1) is 12.6. The zero-order valence-corrected chi connectivity index (χ0v) is 10.3. The zero-order valence-electron chi connectivity index (χ0n) is 10.3. The van der Waals surface area contributed by atoms with E-state index in [1.54, 1.807) is 0 Å². The monoisotopic (exact) mass is 242 g/mol. The quantitative estimate of drug-likeness (QED) is 0.434. The molecule has 2 fully saturated rings. The topological polar surface area (TPSA) is 63.6 Å². The maximum atomic E-state index is 12.7. The van der Waals surface area contributed by atoms with Gasteiger partial charge in [-0.05, 0) is 25.7 Å². The van der Waals surface area contributed by atoms with Crippen LogP contribution in [-0.2, 0) is 0 Å². The standard InChI is InChI=1S/C12H22N2O3/c15-12(16)13-7-9-14(17,10-8-13)11-5-3-1-2-4-6-11/h11H,1-10H2,(H,15,16). The van der Waals surface area contributed by atoms with Crippen LogP contribution in [0.5, 0.6) is 0 Å². The van der Waals surface area contributed by atoms with Crippen molar-refractivity contribution in [1.29, 1.82) is 0 Å². The van der Waals surface area contributed by atoms with Gasteiger partial charge in [0, 0.05) is 0 Å². The average Bonchev–Trinajstić information content (AvgIpc) is 2.58. The van der Waals surface area contributed by atoms with Gasteiger partial charge in [0.15, 0.2) is 0 Å². The molecule has 0 bridgehead atoms. The highest BCUT2D eigenvalue weighted by Gasteiger charge is 2.34. The average molecular weight is 242 g/mol. The number of hydroxylamine groups is 3. The summed E-state index contributed by atoms with van der Waals surface area (Å²) in [5, 5.41) is 21.6. The molecule has 0 aromatic heterocycles. The number of hydrogen-bond acceptors (Lipinski definition) is 2. The van der Waals surface area contributed by atoms with Crippen molar-refractivity contribution in [2.75, 3.05) is 26.2 Å². The maximum absolute atomic E-state index is 12.7. The van der Waals surface area contributed by atoms with Gasteiger partial charge in [-0.1, -0.05) is 12.8 Å². The summed E-state index contributed by atoms with van der Waals surface area (Å²) in [6.07, 6.45) is 5.98. The van der Waals surface area contributed by atoms with Crippen molar-refractivity contribution in [2.45, 2.75) is 44.6 Å². The minimum absolute atomic E-state index is 0.149. The Morgan fingerprint density at radius 1 is 1.12 bits per heavy atom. The molecule has 0 spiro atoms. The van der Waals surface area contributed by atoms with Crippen molar-refractivity contribution < 1.29 is 14.5 Å². The van der Waals surface area contributed by atoms with Crippen molar-refractivity contribution >= 4 is 6.09 Å². The molecule has 0 aromatic rings. The van der Waals surface area contributed by atoms with Gasteiger partial charge in [-0.3, -0.25) is 4.90 Å². The first-order valence-electron chi connectivity index (χ1n) is 6.67. The number of quaternary nitrogens is 1. The smallest absolute Gasteiger partial charge is 0.407 e. The van der Waals surface area contributed by atoms with E-state index in [4.69, 9.17) is 5.11 Å². The van der Waals surface area contributed by atoms with Crippen LogP contribution < -0.4 is 0 Å². The minimum atomic E-state index is -0.892. The number of hydrogen-bond donors (Lipinski definition) is 1. The molecule has 0 radical (unpaired) electrons.